The number of ether oxygens (including phenoxy) is 1. The fourth-order valence-electron chi connectivity index (χ4n) is 3.87. The lowest BCUT2D eigenvalue weighted by atomic mass is 9.84. The van der Waals surface area contributed by atoms with E-state index in [4.69, 9.17) is 4.74 Å². The second-order valence-corrected chi connectivity index (χ2v) is 6.32. The maximum absolute atomic E-state index is 11.6. The summed E-state index contributed by atoms with van der Waals surface area (Å²) in [5.74, 6) is 1.06. The van der Waals surface area contributed by atoms with Gasteiger partial charge < -0.3 is 14.4 Å². The molecule has 0 aromatic heterocycles. The minimum atomic E-state index is 0.143. The van der Waals surface area contributed by atoms with Gasteiger partial charge in [-0.05, 0) is 30.9 Å². The van der Waals surface area contributed by atoms with Crippen molar-refractivity contribution in [3.63, 3.8) is 0 Å². The molecule has 3 heteroatoms. The second-order valence-electron chi connectivity index (χ2n) is 6.32. The molecule has 1 aromatic carbocycles. The molecule has 0 saturated carbocycles. The summed E-state index contributed by atoms with van der Waals surface area (Å²) < 4.78 is 5.40. The Kier molecular flexibility index (Phi) is 4.47. The van der Waals surface area contributed by atoms with Crippen molar-refractivity contribution in [1.29, 1.82) is 0 Å². The van der Waals surface area contributed by atoms with Crippen molar-refractivity contribution in [3.8, 4) is 5.75 Å². The van der Waals surface area contributed by atoms with Crippen LogP contribution in [0.3, 0.4) is 0 Å². The third-order valence-electron chi connectivity index (χ3n) is 5.03. The number of carbonyl (C=O) groups excluding carboxylic acids is 1. The third-order valence-corrected chi connectivity index (χ3v) is 5.03. The second kappa shape index (κ2) is 6.50. The lowest BCUT2D eigenvalue weighted by molar-refractivity contribution is -0.111. The Hall–Kier alpha value is -1.51. The van der Waals surface area contributed by atoms with Crippen molar-refractivity contribution in [2.24, 2.45) is 5.92 Å². The fourth-order valence-corrected chi connectivity index (χ4v) is 3.87. The van der Waals surface area contributed by atoms with Gasteiger partial charge in [0.25, 0.3) is 0 Å². The van der Waals surface area contributed by atoms with Crippen LogP contribution in [-0.4, -0.2) is 26.0 Å². The summed E-state index contributed by atoms with van der Waals surface area (Å²) in [6.07, 6.45) is 9.60. The normalized spacial score (nSPS) is 25.9. The number of benzene rings is 1. The molecule has 3 rings (SSSR count). The highest BCUT2D eigenvalue weighted by Gasteiger charge is 2.34. The van der Waals surface area contributed by atoms with Crippen molar-refractivity contribution in [1.82, 2.24) is 0 Å². The number of hydrogen-bond acceptors (Lipinski definition) is 3. The highest BCUT2D eigenvalue weighted by atomic mass is 16.5. The van der Waals surface area contributed by atoms with Crippen LogP contribution >= 0.6 is 0 Å². The molecule has 2 aliphatic heterocycles. The number of nitrogens with zero attached hydrogens (tertiary/aromatic N) is 1. The largest absolute Gasteiger partial charge is 0.497 e. The Morgan fingerprint density at radius 1 is 1.19 bits per heavy atom. The van der Waals surface area contributed by atoms with Gasteiger partial charge in [0.15, 0.2) is 0 Å². The van der Waals surface area contributed by atoms with Crippen LogP contribution in [-0.2, 0) is 11.2 Å². The molecule has 2 heterocycles. The lowest BCUT2D eigenvalue weighted by Gasteiger charge is -2.42. The molecule has 3 nitrogen and oxygen atoms in total. The van der Waals surface area contributed by atoms with Gasteiger partial charge in [-0.3, -0.25) is 0 Å². The van der Waals surface area contributed by atoms with Crippen LogP contribution in [0.2, 0.25) is 0 Å². The highest BCUT2D eigenvalue weighted by molar-refractivity contribution is 5.66. The van der Waals surface area contributed by atoms with Crippen LogP contribution in [0.5, 0.6) is 5.75 Å². The minimum absolute atomic E-state index is 0.143. The van der Waals surface area contributed by atoms with Crippen molar-refractivity contribution >= 4 is 12.0 Å². The fraction of sp³-hybridized carbons (Fsp3) is 0.611. The Labute approximate surface area is 127 Å². The lowest BCUT2D eigenvalue weighted by Crippen LogP contribution is -2.46. The Morgan fingerprint density at radius 2 is 2.00 bits per heavy atom. The molecule has 0 spiro atoms. The first-order chi connectivity index (χ1) is 10.3. The van der Waals surface area contributed by atoms with Gasteiger partial charge in [-0.15, -0.1) is 0 Å². The van der Waals surface area contributed by atoms with E-state index in [1.165, 1.54) is 49.6 Å². The number of fused-ring (bicyclic) bond motifs is 3. The van der Waals surface area contributed by atoms with Crippen molar-refractivity contribution < 1.29 is 9.53 Å². The van der Waals surface area contributed by atoms with Gasteiger partial charge in [0.1, 0.15) is 12.0 Å². The molecule has 2 atom stereocenters. The van der Waals surface area contributed by atoms with Crippen LogP contribution in [0.25, 0.3) is 0 Å². The van der Waals surface area contributed by atoms with Gasteiger partial charge in [-0.2, -0.15) is 0 Å². The summed E-state index contributed by atoms with van der Waals surface area (Å²) in [5.41, 5.74) is 2.59. The molecule has 0 N–H and O–H groups in total. The summed E-state index contributed by atoms with van der Waals surface area (Å²) in [6.45, 7) is 1.06. The van der Waals surface area contributed by atoms with Crippen LogP contribution in [0, 0.1) is 5.92 Å². The molecule has 0 radical (unpaired) electrons. The first kappa shape index (κ1) is 14.4. The number of methoxy groups -OCH3 is 1. The molecule has 1 aromatic rings. The predicted octanol–water partition coefficient (Wildman–Crippen LogP) is 3.60. The zero-order valence-corrected chi connectivity index (χ0v) is 12.9. The smallest absolute Gasteiger partial charge is 0.125 e. The third kappa shape index (κ3) is 2.92. The molecule has 2 aliphatic rings. The zero-order valence-electron chi connectivity index (χ0n) is 12.9. The Morgan fingerprint density at radius 3 is 2.81 bits per heavy atom. The molecule has 0 aliphatic carbocycles. The quantitative estimate of drug-likeness (QED) is 0.778. The van der Waals surface area contributed by atoms with Crippen molar-refractivity contribution in [3.05, 3.63) is 23.8 Å². The van der Waals surface area contributed by atoms with Crippen LogP contribution in [0.15, 0.2) is 18.2 Å². The molecular weight excluding hydrogens is 262 g/mol. The predicted molar refractivity (Wildman–Crippen MR) is 85.1 cm³/mol. The summed E-state index contributed by atoms with van der Waals surface area (Å²) in [5, 5.41) is 0. The van der Waals surface area contributed by atoms with E-state index < -0.39 is 0 Å². The Bertz CT molecular complexity index is 500. The zero-order chi connectivity index (χ0) is 14.7. The van der Waals surface area contributed by atoms with E-state index in [9.17, 15) is 4.79 Å². The average molecular weight is 287 g/mol. The van der Waals surface area contributed by atoms with Gasteiger partial charge in [0.2, 0.25) is 0 Å². The summed E-state index contributed by atoms with van der Waals surface area (Å²) in [7, 11) is 1.72. The highest BCUT2D eigenvalue weighted by Crippen LogP contribution is 2.38. The standard InChI is InChI=1S/C18H25NO2/c1-21-16-9-8-14-11-15(13-20)17-7-5-3-2-4-6-10-19(17)18(14)12-16/h8-9,12-13,15,17H,2-7,10-11H2,1H3/t15-,17-/m0/s1. The summed E-state index contributed by atoms with van der Waals surface area (Å²) >= 11 is 0. The monoisotopic (exact) mass is 287 g/mol. The molecule has 0 bridgehead atoms. The number of rotatable bonds is 2. The maximum atomic E-state index is 11.6. The number of carbonyl (C=O) groups is 1. The molecule has 1 saturated heterocycles. The number of anilines is 1. The van der Waals surface area contributed by atoms with Crippen LogP contribution in [0.1, 0.15) is 44.1 Å². The molecule has 114 valence electrons. The van der Waals surface area contributed by atoms with Gasteiger partial charge in [0, 0.05) is 30.3 Å². The van der Waals surface area contributed by atoms with Crippen molar-refractivity contribution in [2.45, 2.75) is 51.0 Å². The summed E-state index contributed by atoms with van der Waals surface area (Å²) in [4.78, 5) is 14.1. The number of hydrogen-bond donors (Lipinski definition) is 0. The van der Waals surface area contributed by atoms with Crippen LogP contribution < -0.4 is 9.64 Å². The average Bonchev–Trinajstić information content (AvgIpc) is 2.65. The molecule has 0 unspecified atom stereocenters. The van der Waals surface area contributed by atoms with E-state index in [2.05, 4.69) is 17.0 Å². The van der Waals surface area contributed by atoms with E-state index in [0.717, 1.165) is 25.1 Å². The minimum Gasteiger partial charge on any atom is -0.497 e. The molecule has 1 fully saturated rings. The van der Waals surface area contributed by atoms with E-state index in [-0.39, 0.29) is 5.92 Å². The van der Waals surface area contributed by atoms with Gasteiger partial charge in [-0.25, -0.2) is 0 Å². The van der Waals surface area contributed by atoms with E-state index in [1.54, 1.807) is 7.11 Å². The first-order valence-corrected chi connectivity index (χ1v) is 8.22. The Balaban J connectivity index is 1.98. The maximum Gasteiger partial charge on any atom is 0.125 e. The SMILES string of the molecule is COc1ccc2c(c1)N1CCCCCCC[C@H]1[C@H](C=O)C2. The molecule has 21 heavy (non-hydrogen) atoms. The topological polar surface area (TPSA) is 29.5 Å². The van der Waals surface area contributed by atoms with E-state index in [0.29, 0.717) is 6.04 Å². The van der Waals surface area contributed by atoms with E-state index >= 15 is 0 Å². The number of aldehydes is 1. The van der Waals surface area contributed by atoms with Crippen molar-refractivity contribution in [2.75, 3.05) is 18.6 Å². The van der Waals surface area contributed by atoms with Gasteiger partial charge in [-0.1, -0.05) is 31.7 Å². The molecule has 0 amide bonds. The first-order valence-electron chi connectivity index (χ1n) is 8.22. The molecular formula is C18H25NO2. The van der Waals surface area contributed by atoms with Gasteiger partial charge in [0.05, 0.1) is 7.11 Å². The summed E-state index contributed by atoms with van der Waals surface area (Å²) in [6, 6.07) is 6.67. The van der Waals surface area contributed by atoms with Crippen LogP contribution in [0.4, 0.5) is 5.69 Å². The van der Waals surface area contributed by atoms with E-state index in [1.807, 2.05) is 6.07 Å². The van der Waals surface area contributed by atoms with Gasteiger partial charge >= 0.3 is 0 Å².